The van der Waals surface area contributed by atoms with Crippen LogP contribution in [0.25, 0.3) is 16.7 Å². The van der Waals surface area contributed by atoms with Crippen molar-refractivity contribution in [1.29, 1.82) is 0 Å². The van der Waals surface area contributed by atoms with Gasteiger partial charge in [0.25, 0.3) is 5.56 Å². The Morgan fingerprint density at radius 3 is 2.59 bits per heavy atom. The molecule has 0 aliphatic rings. The third-order valence-electron chi connectivity index (χ3n) is 5.42. The summed E-state index contributed by atoms with van der Waals surface area (Å²) in [4.78, 5) is 25.8. The zero-order chi connectivity index (χ0) is 22.5. The van der Waals surface area contributed by atoms with Crippen LogP contribution in [0.2, 0.25) is 0 Å². The van der Waals surface area contributed by atoms with Gasteiger partial charge in [-0.15, -0.1) is 10.2 Å². The Kier molecular flexibility index (Phi) is 6.90. The van der Waals surface area contributed by atoms with Gasteiger partial charge in [0, 0.05) is 13.1 Å². The van der Waals surface area contributed by atoms with E-state index in [1.165, 1.54) is 11.8 Å². The maximum atomic E-state index is 13.1. The van der Waals surface area contributed by atoms with E-state index in [1.54, 1.807) is 4.57 Å². The minimum Gasteiger partial charge on any atom is -0.351 e. The molecule has 1 N–H and O–H groups in total. The number of thioether (sulfide) groups is 1. The molecule has 4 aromatic rings. The molecule has 0 saturated carbocycles. The summed E-state index contributed by atoms with van der Waals surface area (Å²) in [7, 11) is 0. The van der Waals surface area contributed by atoms with Crippen molar-refractivity contribution in [3.8, 4) is 0 Å². The molecule has 32 heavy (non-hydrogen) atoms. The van der Waals surface area contributed by atoms with Gasteiger partial charge >= 0.3 is 0 Å². The van der Waals surface area contributed by atoms with Crippen molar-refractivity contribution in [3.63, 3.8) is 0 Å². The molecule has 0 spiro atoms. The average Bonchev–Trinajstić information content (AvgIpc) is 3.23. The third kappa shape index (κ3) is 4.55. The second-order valence-electron chi connectivity index (χ2n) is 7.76. The first-order valence-electron chi connectivity index (χ1n) is 10.9. The van der Waals surface area contributed by atoms with Gasteiger partial charge in [-0.1, -0.05) is 74.0 Å². The van der Waals surface area contributed by atoms with Crippen LogP contribution in [0.5, 0.6) is 0 Å². The maximum Gasteiger partial charge on any atom is 0.262 e. The van der Waals surface area contributed by atoms with Gasteiger partial charge in [-0.25, -0.2) is 0 Å². The summed E-state index contributed by atoms with van der Waals surface area (Å²) in [6, 6.07) is 17.3. The molecule has 0 aliphatic carbocycles. The highest BCUT2D eigenvalue weighted by atomic mass is 32.2. The van der Waals surface area contributed by atoms with E-state index < -0.39 is 0 Å². The van der Waals surface area contributed by atoms with Crippen molar-refractivity contribution >= 4 is 34.3 Å². The second kappa shape index (κ2) is 9.99. The Morgan fingerprint density at radius 1 is 1.06 bits per heavy atom. The first kappa shape index (κ1) is 22.1. The van der Waals surface area contributed by atoms with E-state index in [-0.39, 0.29) is 16.7 Å². The lowest BCUT2D eigenvalue weighted by Crippen LogP contribution is -2.30. The second-order valence-corrected chi connectivity index (χ2v) is 9.07. The van der Waals surface area contributed by atoms with Crippen molar-refractivity contribution < 1.29 is 4.79 Å². The van der Waals surface area contributed by atoms with Gasteiger partial charge in [-0.2, -0.15) is 0 Å². The number of unbranched alkanes of at least 4 members (excludes halogenated alkanes) is 2. The van der Waals surface area contributed by atoms with Crippen molar-refractivity contribution in [2.75, 3.05) is 0 Å². The zero-order valence-electron chi connectivity index (χ0n) is 18.3. The highest BCUT2D eigenvalue weighted by Gasteiger charge is 2.21. The maximum absolute atomic E-state index is 13.1. The predicted molar refractivity (Wildman–Crippen MR) is 128 cm³/mol. The molecule has 1 amide bonds. The lowest BCUT2D eigenvalue weighted by Gasteiger charge is -2.13. The number of para-hydroxylation sites is 1. The molecule has 1 atom stereocenters. The molecule has 0 aliphatic heterocycles. The molecular weight excluding hydrogens is 422 g/mol. The van der Waals surface area contributed by atoms with Gasteiger partial charge in [0.15, 0.2) is 5.16 Å². The number of carbonyl (C=O) groups is 1. The number of rotatable bonds is 9. The summed E-state index contributed by atoms with van der Waals surface area (Å²) in [5.74, 6) is 0.445. The van der Waals surface area contributed by atoms with Crippen LogP contribution in [0.4, 0.5) is 0 Å². The molecule has 2 aromatic carbocycles. The molecule has 166 valence electrons. The highest BCUT2D eigenvalue weighted by molar-refractivity contribution is 8.00. The van der Waals surface area contributed by atoms with E-state index in [9.17, 15) is 9.59 Å². The number of aryl methyl sites for hydroxylation is 1. The minimum absolute atomic E-state index is 0.0539. The van der Waals surface area contributed by atoms with E-state index in [0.29, 0.717) is 29.4 Å². The summed E-state index contributed by atoms with van der Waals surface area (Å²) in [5.41, 5.74) is 1.75. The Morgan fingerprint density at radius 2 is 1.81 bits per heavy atom. The normalized spacial score (nSPS) is 12.3. The minimum atomic E-state index is -0.370. The molecule has 0 fully saturated rings. The van der Waals surface area contributed by atoms with Crippen LogP contribution in [0.15, 0.2) is 64.5 Å². The topological polar surface area (TPSA) is 81.3 Å². The molecular formula is C24H27N5O2S. The molecule has 1 unspecified atom stereocenters. The number of hydrogen-bond donors (Lipinski definition) is 1. The molecule has 8 heteroatoms. The highest BCUT2D eigenvalue weighted by Crippen LogP contribution is 2.25. The number of benzene rings is 2. The first-order valence-corrected chi connectivity index (χ1v) is 11.8. The Hall–Kier alpha value is -3.13. The molecule has 0 bridgehead atoms. The average molecular weight is 450 g/mol. The van der Waals surface area contributed by atoms with Gasteiger partial charge in [0.05, 0.1) is 16.2 Å². The Labute approximate surface area is 190 Å². The number of aromatic nitrogens is 4. The summed E-state index contributed by atoms with van der Waals surface area (Å²) in [6.07, 6.45) is 3.01. The Bertz CT molecular complexity index is 1280. The van der Waals surface area contributed by atoms with Crippen molar-refractivity contribution in [3.05, 3.63) is 70.5 Å². The summed E-state index contributed by atoms with van der Waals surface area (Å²) < 4.78 is 3.60. The number of fused-ring (bicyclic) bond motifs is 3. The molecule has 0 saturated heterocycles. The number of amides is 1. The number of nitrogens with one attached hydrogen (secondary N) is 1. The van der Waals surface area contributed by atoms with Gasteiger partial charge < -0.3 is 5.32 Å². The van der Waals surface area contributed by atoms with Crippen LogP contribution in [-0.4, -0.2) is 30.3 Å². The fourth-order valence-electron chi connectivity index (χ4n) is 3.67. The Balaban J connectivity index is 1.63. The van der Waals surface area contributed by atoms with Gasteiger partial charge in [0.1, 0.15) is 0 Å². The SMILES string of the molecule is CCCCCn1c(=O)c2ccccc2n2c(SC(C)C(=O)NCc3ccccc3)nnc12. The van der Waals surface area contributed by atoms with E-state index in [0.717, 1.165) is 30.3 Å². The molecule has 7 nitrogen and oxygen atoms in total. The third-order valence-corrected chi connectivity index (χ3v) is 6.47. The van der Waals surface area contributed by atoms with Crippen LogP contribution in [-0.2, 0) is 17.9 Å². The lowest BCUT2D eigenvalue weighted by molar-refractivity contribution is -0.120. The van der Waals surface area contributed by atoms with Gasteiger partial charge in [-0.05, 0) is 31.0 Å². The molecule has 4 rings (SSSR count). The molecule has 2 aromatic heterocycles. The predicted octanol–water partition coefficient (Wildman–Crippen LogP) is 4.03. The van der Waals surface area contributed by atoms with E-state index in [2.05, 4.69) is 22.4 Å². The number of hydrogen-bond acceptors (Lipinski definition) is 5. The number of nitrogens with zero attached hydrogens (tertiary/aromatic N) is 4. The summed E-state index contributed by atoms with van der Waals surface area (Å²) in [5, 5.41) is 12.5. The van der Waals surface area contributed by atoms with Crippen LogP contribution in [0, 0.1) is 0 Å². The fourth-order valence-corrected chi connectivity index (χ4v) is 4.55. The summed E-state index contributed by atoms with van der Waals surface area (Å²) >= 11 is 1.34. The van der Waals surface area contributed by atoms with Crippen LogP contribution in [0.1, 0.15) is 38.7 Å². The van der Waals surface area contributed by atoms with Crippen molar-refractivity contribution in [2.24, 2.45) is 0 Å². The van der Waals surface area contributed by atoms with Crippen LogP contribution < -0.4 is 10.9 Å². The quantitative estimate of drug-likeness (QED) is 0.308. The standard InChI is InChI=1S/C24H27N5O2S/c1-3-4-10-15-28-22(31)19-13-8-9-14-20(19)29-23(28)26-27-24(29)32-17(2)21(30)25-16-18-11-6-5-7-12-18/h5-9,11-14,17H,3-4,10,15-16H2,1-2H3,(H,25,30). The monoisotopic (exact) mass is 449 g/mol. The molecule has 0 radical (unpaired) electrons. The molecule has 2 heterocycles. The summed E-state index contributed by atoms with van der Waals surface area (Å²) in [6.45, 7) is 5.06. The zero-order valence-corrected chi connectivity index (χ0v) is 19.1. The van der Waals surface area contributed by atoms with E-state index in [1.807, 2.05) is 65.9 Å². The largest absolute Gasteiger partial charge is 0.351 e. The van der Waals surface area contributed by atoms with Crippen molar-refractivity contribution in [2.45, 2.75) is 56.6 Å². The number of carbonyl (C=O) groups excluding carboxylic acids is 1. The lowest BCUT2D eigenvalue weighted by atomic mass is 10.2. The van der Waals surface area contributed by atoms with Gasteiger partial charge in [-0.3, -0.25) is 18.6 Å². The smallest absolute Gasteiger partial charge is 0.262 e. The van der Waals surface area contributed by atoms with Crippen LogP contribution >= 0.6 is 11.8 Å². The van der Waals surface area contributed by atoms with Crippen molar-refractivity contribution in [1.82, 2.24) is 24.5 Å². The van der Waals surface area contributed by atoms with Crippen LogP contribution in [0.3, 0.4) is 0 Å². The first-order chi connectivity index (χ1) is 15.6. The van der Waals surface area contributed by atoms with Gasteiger partial charge in [0.2, 0.25) is 11.7 Å². The van der Waals surface area contributed by atoms with E-state index >= 15 is 0 Å². The van der Waals surface area contributed by atoms with E-state index in [4.69, 9.17) is 0 Å². The fraction of sp³-hybridized carbons (Fsp3) is 0.333.